The molecule has 0 saturated heterocycles. The van der Waals surface area contributed by atoms with E-state index in [1.54, 1.807) is 37.5 Å². The van der Waals surface area contributed by atoms with E-state index in [1.165, 1.54) is 4.57 Å². The highest BCUT2D eigenvalue weighted by Gasteiger charge is 2.18. The molecule has 2 N–H and O–H groups in total. The molecule has 3 aromatic rings. The number of aromatic nitrogens is 3. The van der Waals surface area contributed by atoms with Crippen LogP contribution in [0.25, 0.3) is 16.6 Å². The van der Waals surface area contributed by atoms with Gasteiger partial charge in [-0.25, -0.2) is 4.98 Å². The van der Waals surface area contributed by atoms with E-state index in [2.05, 4.69) is 9.97 Å². The van der Waals surface area contributed by atoms with E-state index in [0.717, 1.165) is 11.1 Å². The van der Waals surface area contributed by atoms with Gasteiger partial charge in [-0.1, -0.05) is 17.7 Å². The van der Waals surface area contributed by atoms with Gasteiger partial charge in [-0.2, -0.15) is 0 Å². The SMILES string of the molecule is Cc1cncc(-n2c([C@H](C)N)nc3cccc(Cl)c3c2=O)c1C. The molecule has 23 heavy (non-hydrogen) atoms. The number of hydrogen-bond acceptors (Lipinski definition) is 4. The lowest BCUT2D eigenvalue weighted by molar-refractivity contribution is 0.693. The van der Waals surface area contributed by atoms with E-state index in [9.17, 15) is 4.79 Å². The molecule has 2 aromatic heterocycles. The first kappa shape index (κ1) is 15.6. The summed E-state index contributed by atoms with van der Waals surface area (Å²) in [6, 6.07) is 4.81. The second kappa shape index (κ2) is 5.76. The normalized spacial score (nSPS) is 12.6. The van der Waals surface area contributed by atoms with E-state index in [0.29, 0.717) is 27.4 Å². The molecule has 0 radical (unpaired) electrons. The monoisotopic (exact) mass is 328 g/mol. The van der Waals surface area contributed by atoms with Gasteiger partial charge in [-0.15, -0.1) is 0 Å². The van der Waals surface area contributed by atoms with Gasteiger partial charge in [0.1, 0.15) is 5.82 Å². The number of rotatable bonds is 2. The second-order valence-electron chi connectivity index (χ2n) is 5.63. The van der Waals surface area contributed by atoms with Gasteiger partial charge in [0.05, 0.1) is 33.9 Å². The minimum Gasteiger partial charge on any atom is -0.322 e. The van der Waals surface area contributed by atoms with Crippen LogP contribution >= 0.6 is 11.6 Å². The Hall–Kier alpha value is -2.24. The zero-order valence-corrected chi connectivity index (χ0v) is 13.9. The molecule has 6 heteroatoms. The van der Waals surface area contributed by atoms with Crippen LogP contribution in [0.5, 0.6) is 0 Å². The summed E-state index contributed by atoms with van der Waals surface area (Å²) in [5.74, 6) is 0.486. The lowest BCUT2D eigenvalue weighted by atomic mass is 10.1. The topological polar surface area (TPSA) is 73.8 Å². The van der Waals surface area contributed by atoms with Gasteiger partial charge in [0.2, 0.25) is 0 Å². The fourth-order valence-electron chi connectivity index (χ4n) is 2.59. The molecule has 2 heterocycles. The Kier molecular flexibility index (Phi) is 3.92. The van der Waals surface area contributed by atoms with Crippen molar-refractivity contribution in [2.45, 2.75) is 26.8 Å². The number of nitrogens with two attached hydrogens (primary N) is 1. The summed E-state index contributed by atoms with van der Waals surface area (Å²) in [7, 11) is 0. The summed E-state index contributed by atoms with van der Waals surface area (Å²) in [5.41, 5.74) is 9.00. The van der Waals surface area contributed by atoms with Crippen molar-refractivity contribution in [1.82, 2.24) is 14.5 Å². The summed E-state index contributed by atoms with van der Waals surface area (Å²) >= 11 is 6.22. The van der Waals surface area contributed by atoms with Gasteiger partial charge in [-0.3, -0.25) is 14.3 Å². The van der Waals surface area contributed by atoms with Crippen molar-refractivity contribution >= 4 is 22.5 Å². The zero-order chi connectivity index (χ0) is 16.7. The number of nitrogens with zero attached hydrogens (tertiary/aromatic N) is 3. The third-order valence-corrected chi connectivity index (χ3v) is 4.28. The summed E-state index contributed by atoms with van der Waals surface area (Å²) in [6.45, 7) is 5.69. The predicted molar refractivity (Wildman–Crippen MR) is 92.2 cm³/mol. The van der Waals surface area contributed by atoms with Crippen LogP contribution in [0, 0.1) is 13.8 Å². The molecule has 0 spiro atoms. The minimum absolute atomic E-state index is 0.233. The maximum Gasteiger partial charge on any atom is 0.267 e. The summed E-state index contributed by atoms with van der Waals surface area (Å²) in [5, 5.41) is 0.766. The lowest BCUT2D eigenvalue weighted by Crippen LogP contribution is -2.28. The Morgan fingerprint density at radius 2 is 2.00 bits per heavy atom. The maximum atomic E-state index is 13.1. The first-order valence-corrected chi connectivity index (χ1v) is 7.68. The zero-order valence-electron chi connectivity index (χ0n) is 13.2. The fourth-order valence-corrected chi connectivity index (χ4v) is 2.84. The number of fused-ring (bicyclic) bond motifs is 1. The highest BCUT2D eigenvalue weighted by molar-refractivity contribution is 6.35. The van der Waals surface area contributed by atoms with Gasteiger partial charge in [0.25, 0.3) is 5.56 Å². The summed E-state index contributed by atoms with van der Waals surface area (Å²) in [6.07, 6.45) is 3.41. The van der Waals surface area contributed by atoms with Gasteiger partial charge in [0.15, 0.2) is 0 Å². The first-order chi connectivity index (χ1) is 10.9. The molecule has 0 unspecified atom stereocenters. The quantitative estimate of drug-likeness (QED) is 0.784. The van der Waals surface area contributed by atoms with Crippen molar-refractivity contribution < 1.29 is 0 Å². The Bertz CT molecular complexity index is 963. The fraction of sp³-hybridized carbons (Fsp3) is 0.235. The van der Waals surface area contributed by atoms with Gasteiger partial charge in [-0.05, 0) is 44.0 Å². The van der Waals surface area contributed by atoms with E-state index in [4.69, 9.17) is 17.3 Å². The van der Waals surface area contributed by atoms with Crippen molar-refractivity contribution in [3.05, 3.63) is 62.9 Å². The highest BCUT2D eigenvalue weighted by atomic mass is 35.5. The van der Waals surface area contributed by atoms with Crippen molar-refractivity contribution in [3.63, 3.8) is 0 Å². The molecule has 0 bridgehead atoms. The molecule has 0 amide bonds. The van der Waals surface area contributed by atoms with Crippen LogP contribution in [0.15, 0.2) is 35.4 Å². The number of aryl methyl sites for hydroxylation is 1. The lowest BCUT2D eigenvalue weighted by Gasteiger charge is -2.18. The van der Waals surface area contributed by atoms with Crippen molar-refractivity contribution in [2.24, 2.45) is 5.73 Å². The largest absolute Gasteiger partial charge is 0.322 e. The van der Waals surface area contributed by atoms with Crippen LogP contribution in [0.3, 0.4) is 0 Å². The van der Waals surface area contributed by atoms with Crippen LogP contribution in [-0.2, 0) is 0 Å². The Morgan fingerprint density at radius 1 is 1.26 bits per heavy atom. The molecule has 1 aromatic carbocycles. The third-order valence-electron chi connectivity index (χ3n) is 3.96. The Morgan fingerprint density at radius 3 is 2.70 bits per heavy atom. The average Bonchev–Trinajstić information content (AvgIpc) is 2.50. The minimum atomic E-state index is -0.411. The summed E-state index contributed by atoms with van der Waals surface area (Å²) in [4.78, 5) is 21.9. The van der Waals surface area contributed by atoms with E-state index in [-0.39, 0.29) is 5.56 Å². The molecule has 118 valence electrons. The molecule has 1 atom stereocenters. The number of benzene rings is 1. The van der Waals surface area contributed by atoms with Crippen LogP contribution < -0.4 is 11.3 Å². The molecule has 5 nitrogen and oxygen atoms in total. The van der Waals surface area contributed by atoms with Crippen LogP contribution in [0.1, 0.15) is 29.9 Å². The van der Waals surface area contributed by atoms with Crippen molar-refractivity contribution in [3.8, 4) is 5.69 Å². The predicted octanol–water partition coefficient (Wildman–Crippen LogP) is 3.07. The van der Waals surface area contributed by atoms with Gasteiger partial charge >= 0.3 is 0 Å². The first-order valence-electron chi connectivity index (χ1n) is 7.30. The summed E-state index contributed by atoms with van der Waals surface area (Å²) < 4.78 is 1.52. The van der Waals surface area contributed by atoms with Gasteiger partial charge < -0.3 is 5.73 Å². The number of pyridine rings is 1. The molecule has 0 fully saturated rings. The van der Waals surface area contributed by atoms with Crippen LogP contribution in [0.2, 0.25) is 5.02 Å². The molecule has 0 aliphatic heterocycles. The molecule has 0 aliphatic rings. The molecular formula is C17H17ClN4O. The molecule has 0 aliphatic carbocycles. The Balaban J connectivity index is 2.51. The number of hydrogen-bond donors (Lipinski definition) is 1. The Labute approximate surface area is 138 Å². The smallest absolute Gasteiger partial charge is 0.267 e. The number of halogens is 1. The second-order valence-corrected chi connectivity index (χ2v) is 6.04. The van der Waals surface area contributed by atoms with E-state index >= 15 is 0 Å². The van der Waals surface area contributed by atoms with Gasteiger partial charge in [0, 0.05) is 6.20 Å². The average molecular weight is 329 g/mol. The van der Waals surface area contributed by atoms with E-state index < -0.39 is 6.04 Å². The molecule has 3 rings (SSSR count). The standard InChI is InChI=1S/C17H17ClN4O/c1-9-7-20-8-14(10(9)2)22-16(11(3)19)21-13-6-4-5-12(18)15(13)17(22)23/h4-8,11H,19H2,1-3H3/t11-/m0/s1. The molecular weight excluding hydrogens is 312 g/mol. The van der Waals surface area contributed by atoms with Crippen molar-refractivity contribution in [1.29, 1.82) is 0 Å². The highest BCUT2D eigenvalue weighted by Crippen LogP contribution is 2.23. The van der Waals surface area contributed by atoms with Crippen LogP contribution in [0.4, 0.5) is 0 Å². The van der Waals surface area contributed by atoms with E-state index in [1.807, 2.05) is 13.8 Å². The van der Waals surface area contributed by atoms with Crippen molar-refractivity contribution in [2.75, 3.05) is 0 Å². The maximum absolute atomic E-state index is 13.1. The molecule has 0 saturated carbocycles. The van der Waals surface area contributed by atoms with Crippen LogP contribution in [-0.4, -0.2) is 14.5 Å². The third kappa shape index (κ3) is 2.52.